The predicted octanol–water partition coefficient (Wildman–Crippen LogP) is 4.51. The van der Waals surface area contributed by atoms with E-state index in [1.165, 1.54) is 7.11 Å². The maximum Gasteiger partial charge on any atom is 0.158 e. The Morgan fingerprint density at radius 1 is 0.917 bits per heavy atom. The van der Waals surface area contributed by atoms with Crippen molar-refractivity contribution in [1.29, 1.82) is 0 Å². The summed E-state index contributed by atoms with van der Waals surface area (Å²) >= 11 is 0. The van der Waals surface area contributed by atoms with Gasteiger partial charge in [-0.25, -0.2) is 0 Å². The van der Waals surface area contributed by atoms with Crippen LogP contribution in [0.3, 0.4) is 0 Å². The third-order valence-electron chi connectivity index (χ3n) is 5.46. The van der Waals surface area contributed by atoms with Crippen LogP contribution in [0.5, 0.6) is 11.5 Å². The summed E-state index contributed by atoms with van der Waals surface area (Å²) in [5, 5.41) is 26.6. The van der Waals surface area contributed by atoms with Crippen molar-refractivity contribution < 1.29 is 29.0 Å². The van der Waals surface area contributed by atoms with Gasteiger partial charge in [0.15, 0.2) is 6.29 Å². The van der Waals surface area contributed by atoms with Gasteiger partial charge in [0.05, 0.1) is 12.1 Å². The van der Waals surface area contributed by atoms with Gasteiger partial charge in [-0.3, -0.25) is 0 Å². The Kier molecular flexibility index (Phi) is 8.33. The highest BCUT2D eigenvalue weighted by molar-refractivity contribution is 6.01. The number of oxime groups is 1. The molecule has 0 atom stereocenters. The molecule has 0 aliphatic heterocycles. The molecule has 0 aliphatic rings. The minimum absolute atomic E-state index is 0.0269. The molecule has 36 heavy (non-hydrogen) atoms. The highest BCUT2D eigenvalue weighted by Gasteiger charge is 2.17. The molecule has 0 amide bonds. The molecule has 4 aromatic rings. The molecule has 2 N–H and O–H groups in total. The summed E-state index contributed by atoms with van der Waals surface area (Å²) < 4.78 is 17.1. The monoisotopic (exact) mass is 488 g/mol. The summed E-state index contributed by atoms with van der Waals surface area (Å²) in [7, 11) is 1.51. The lowest BCUT2D eigenvalue weighted by Gasteiger charge is -2.11. The van der Waals surface area contributed by atoms with E-state index in [1.807, 2.05) is 85.8 Å². The van der Waals surface area contributed by atoms with E-state index in [4.69, 9.17) is 18.8 Å². The molecule has 0 saturated carbocycles. The van der Waals surface area contributed by atoms with Gasteiger partial charge in [0.1, 0.15) is 43.3 Å². The molecule has 0 unspecified atom stereocenters. The number of benzene rings is 3. The van der Waals surface area contributed by atoms with Crippen molar-refractivity contribution in [2.45, 2.75) is 26.2 Å². The molecule has 0 spiro atoms. The van der Waals surface area contributed by atoms with E-state index in [9.17, 15) is 10.2 Å². The zero-order valence-electron chi connectivity index (χ0n) is 20.1. The first-order valence-electron chi connectivity index (χ1n) is 11.4. The minimum Gasteiger partial charge on any atom is -0.489 e. The first-order chi connectivity index (χ1) is 17.5. The van der Waals surface area contributed by atoms with E-state index in [-0.39, 0.29) is 13.0 Å². The third-order valence-corrected chi connectivity index (χ3v) is 5.46. The fourth-order valence-electron chi connectivity index (χ4n) is 3.71. The van der Waals surface area contributed by atoms with Crippen LogP contribution in [0.2, 0.25) is 0 Å². The molecule has 0 fully saturated rings. The van der Waals surface area contributed by atoms with E-state index in [0.717, 1.165) is 28.0 Å². The fraction of sp³-hybridized carbons (Fsp3) is 0.214. The van der Waals surface area contributed by atoms with Crippen LogP contribution in [0.25, 0.3) is 11.1 Å². The number of rotatable bonds is 11. The van der Waals surface area contributed by atoms with Crippen LogP contribution in [0.15, 0.2) is 88.5 Å². The number of aryl methyl sites for hydroxylation is 1. The molecule has 8 nitrogen and oxygen atoms in total. The molecule has 186 valence electrons. The molecule has 0 saturated heterocycles. The van der Waals surface area contributed by atoms with Gasteiger partial charge in [0.2, 0.25) is 0 Å². The summed E-state index contributed by atoms with van der Waals surface area (Å²) in [6.07, 6.45) is -1.53. The van der Waals surface area contributed by atoms with Crippen LogP contribution in [0.1, 0.15) is 22.6 Å². The quantitative estimate of drug-likeness (QED) is 0.182. The standard InChI is InChI=1S/C28H28N2O6/c1-19-28(26(36-29-19)16-27(31)32)22-10-14-24(15-11-22)34-17-20-8-12-23(13-9-20)35-18-25(30-33-2)21-6-4-3-5-7-21/h3-15,27,31-32H,16-18H2,1-2H3. The summed E-state index contributed by atoms with van der Waals surface area (Å²) in [6, 6.07) is 24.9. The summed E-state index contributed by atoms with van der Waals surface area (Å²) in [6.45, 7) is 2.50. The number of aromatic nitrogens is 1. The Balaban J connectivity index is 1.33. The predicted molar refractivity (Wildman–Crippen MR) is 135 cm³/mol. The topological polar surface area (TPSA) is 107 Å². The third kappa shape index (κ3) is 6.50. The molecule has 0 aliphatic carbocycles. The maximum atomic E-state index is 9.28. The van der Waals surface area contributed by atoms with Gasteiger partial charge in [0, 0.05) is 11.1 Å². The van der Waals surface area contributed by atoms with Crippen LogP contribution in [0, 0.1) is 6.92 Å². The molecule has 3 aromatic carbocycles. The highest BCUT2D eigenvalue weighted by atomic mass is 16.6. The Morgan fingerprint density at radius 3 is 2.25 bits per heavy atom. The van der Waals surface area contributed by atoms with Crippen LogP contribution in [0.4, 0.5) is 0 Å². The Bertz CT molecular complexity index is 1270. The maximum absolute atomic E-state index is 9.28. The van der Waals surface area contributed by atoms with Gasteiger partial charge in [-0.2, -0.15) is 0 Å². The number of aliphatic hydroxyl groups excluding tert-OH is 1. The van der Waals surface area contributed by atoms with Crippen molar-refractivity contribution in [1.82, 2.24) is 5.16 Å². The smallest absolute Gasteiger partial charge is 0.158 e. The fourth-order valence-corrected chi connectivity index (χ4v) is 3.71. The van der Waals surface area contributed by atoms with Gasteiger partial charge < -0.3 is 29.0 Å². The van der Waals surface area contributed by atoms with E-state index in [2.05, 4.69) is 10.3 Å². The summed E-state index contributed by atoms with van der Waals surface area (Å²) in [5.41, 5.74) is 4.95. The SMILES string of the molecule is CON=C(COc1ccc(COc2ccc(-c3c(C)noc3CC(O)O)cc2)cc1)c1ccccc1. The van der Waals surface area contributed by atoms with Crippen molar-refractivity contribution in [3.63, 3.8) is 0 Å². The van der Waals surface area contributed by atoms with Gasteiger partial charge >= 0.3 is 0 Å². The second-order valence-corrected chi connectivity index (χ2v) is 8.08. The van der Waals surface area contributed by atoms with E-state index in [0.29, 0.717) is 29.5 Å². The number of hydrogen-bond donors (Lipinski definition) is 2. The summed E-state index contributed by atoms with van der Waals surface area (Å²) in [4.78, 5) is 4.96. The number of aliphatic hydroxyl groups is 2. The molecule has 0 radical (unpaired) electrons. The van der Waals surface area contributed by atoms with Crippen LogP contribution < -0.4 is 9.47 Å². The lowest BCUT2D eigenvalue weighted by Crippen LogP contribution is -2.13. The zero-order valence-corrected chi connectivity index (χ0v) is 20.1. The lowest BCUT2D eigenvalue weighted by atomic mass is 10.0. The largest absolute Gasteiger partial charge is 0.489 e. The average Bonchev–Trinajstić information content (AvgIpc) is 3.25. The van der Waals surface area contributed by atoms with Crippen molar-refractivity contribution in [2.75, 3.05) is 13.7 Å². The normalized spacial score (nSPS) is 11.5. The molecule has 1 aromatic heterocycles. The summed E-state index contributed by atoms with van der Waals surface area (Å²) in [5.74, 6) is 1.86. The van der Waals surface area contributed by atoms with Crippen LogP contribution in [-0.4, -0.2) is 41.1 Å². The van der Waals surface area contributed by atoms with Crippen molar-refractivity contribution in [2.24, 2.45) is 5.16 Å². The first-order valence-corrected chi connectivity index (χ1v) is 11.4. The Labute approximate surface area is 209 Å². The molecule has 1 heterocycles. The molecule has 4 rings (SSSR count). The molecule has 0 bridgehead atoms. The van der Waals surface area contributed by atoms with Gasteiger partial charge in [-0.05, 0) is 42.3 Å². The molecule has 8 heteroatoms. The number of nitrogens with zero attached hydrogens (tertiary/aromatic N) is 2. The van der Waals surface area contributed by atoms with E-state index >= 15 is 0 Å². The first kappa shape index (κ1) is 25.0. The van der Waals surface area contributed by atoms with Gasteiger partial charge in [-0.15, -0.1) is 0 Å². The molecular formula is C28H28N2O6. The second kappa shape index (κ2) is 12.0. The number of hydrogen-bond acceptors (Lipinski definition) is 8. The Morgan fingerprint density at radius 2 is 1.58 bits per heavy atom. The van der Waals surface area contributed by atoms with E-state index in [1.54, 1.807) is 0 Å². The lowest BCUT2D eigenvalue weighted by molar-refractivity contribution is -0.0419. The Hall–Kier alpha value is -4.14. The highest BCUT2D eigenvalue weighted by Crippen LogP contribution is 2.30. The second-order valence-electron chi connectivity index (χ2n) is 8.08. The van der Waals surface area contributed by atoms with Gasteiger partial charge in [0.25, 0.3) is 0 Å². The number of ether oxygens (including phenoxy) is 2. The van der Waals surface area contributed by atoms with E-state index < -0.39 is 6.29 Å². The van der Waals surface area contributed by atoms with Crippen LogP contribution in [-0.2, 0) is 17.9 Å². The van der Waals surface area contributed by atoms with Gasteiger partial charge in [-0.1, -0.05) is 64.9 Å². The van der Waals surface area contributed by atoms with Crippen molar-refractivity contribution in [3.8, 4) is 22.6 Å². The van der Waals surface area contributed by atoms with Crippen molar-refractivity contribution in [3.05, 3.63) is 101 Å². The zero-order chi connectivity index (χ0) is 25.3. The molecular weight excluding hydrogens is 460 g/mol. The minimum atomic E-state index is -1.50. The van der Waals surface area contributed by atoms with Crippen LogP contribution >= 0.6 is 0 Å². The average molecular weight is 489 g/mol. The van der Waals surface area contributed by atoms with Crippen molar-refractivity contribution >= 4 is 5.71 Å².